The van der Waals surface area contributed by atoms with Gasteiger partial charge in [-0.2, -0.15) is 0 Å². The van der Waals surface area contributed by atoms with Gasteiger partial charge in [0.1, 0.15) is 5.70 Å². The quantitative estimate of drug-likeness (QED) is 0.629. The number of carbonyl (C=O) groups is 1. The van der Waals surface area contributed by atoms with Crippen molar-refractivity contribution in [2.75, 3.05) is 17.3 Å². The van der Waals surface area contributed by atoms with Crippen LogP contribution < -0.4 is 10.2 Å². The van der Waals surface area contributed by atoms with E-state index < -0.39 is 5.97 Å². The van der Waals surface area contributed by atoms with E-state index >= 15 is 0 Å². The number of carboxylic acid groups (broad SMARTS) is 1. The van der Waals surface area contributed by atoms with Crippen LogP contribution in [0.4, 0.5) is 11.6 Å². The number of nitrogens with zero attached hydrogens (tertiary/aromatic N) is 3. The molecule has 3 rings (SSSR count). The van der Waals surface area contributed by atoms with Crippen molar-refractivity contribution < 1.29 is 9.90 Å². The first-order chi connectivity index (χ1) is 10.1. The molecule has 21 heavy (non-hydrogen) atoms. The third-order valence-electron chi connectivity index (χ3n) is 3.13. The van der Waals surface area contributed by atoms with Gasteiger partial charge in [0.2, 0.25) is 0 Å². The fourth-order valence-electron chi connectivity index (χ4n) is 2.12. The van der Waals surface area contributed by atoms with Gasteiger partial charge in [0.25, 0.3) is 0 Å². The predicted octanol–water partition coefficient (Wildman–Crippen LogP) is 1.38. The highest BCUT2D eigenvalue weighted by molar-refractivity contribution is 5.80. The van der Waals surface area contributed by atoms with Crippen molar-refractivity contribution in [1.29, 1.82) is 0 Å². The van der Waals surface area contributed by atoms with Crippen LogP contribution in [0.3, 0.4) is 0 Å². The van der Waals surface area contributed by atoms with Crippen molar-refractivity contribution in [1.82, 2.24) is 9.97 Å². The average Bonchev–Trinajstić information content (AvgIpc) is 2.68. The Kier molecular flexibility index (Phi) is 3.16. The summed E-state index contributed by atoms with van der Waals surface area (Å²) in [5.41, 5.74) is 1.61. The summed E-state index contributed by atoms with van der Waals surface area (Å²) in [7, 11) is 1.89. The van der Waals surface area contributed by atoms with Gasteiger partial charge < -0.3 is 15.3 Å². The van der Waals surface area contributed by atoms with E-state index in [-0.39, 0.29) is 5.92 Å². The number of rotatable bonds is 2. The van der Waals surface area contributed by atoms with Crippen LogP contribution in [0.15, 0.2) is 48.1 Å². The average molecular weight is 280 g/mol. The number of fused-ring (bicyclic) bond motifs is 1. The molecule has 0 bridgehead atoms. The number of likely N-dealkylation sites (N-methyl/N-ethyl adjacent to an activating group) is 1. The highest BCUT2D eigenvalue weighted by Crippen LogP contribution is 2.31. The van der Waals surface area contributed by atoms with Crippen LogP contribution >= 0.6 is 0 Å². The van der Waals surface area contributed by atoms with Gasteiger partial charge in [0.05, 0.1) is 11.6 Å². The standard InChI is InChI=1S/C15H12N4O2/c1-19-12-6-3-10(4-7-13(20)21)2-5-11(12)18-14-15(19)17-9-8-16-14/h3-4,6-10H,1H3,(H,16,18)(H,20,21)/b7-4+. The Hall–Kier alpha value is -3.07. The maximum Gasteiger partial charge on any atom is 0.328 e. The number of hydrogen-bond donors (Lipinski definition) is 2. The molecule has 1 aromatic rings. The van der Waals surface area contributed by atoms with Gasteiger partial charge in [-0.25, -0.2) is 14.8 Å². The number of allylic oxidation sites excluding steroid dienone is 4. The number of carboxylic acids is 1. The van der Waals surface area contributed by atoms with Crippen LogP contribution in [0.2, 0.25) is 0 Å². The number of anilines is 2. The first-order valence-electron chi connectivity index (χ1n) is 6.32. The highest BCUT2D eigenvalue weighted by atomic mass is 16.4. The molecule has 104 valence electrons. The third kappa shape index (κ3) is 2.49. The van der Waals surface area contributed by atoms with E-state index in [9.17, 15) is 4.79 Å². The van der Waals surface area contributed by atoms with Gasteiger partial charge >= 0.3 is 5.97 Å². The van der Waals surface area contributed by atoms with E-state index in [1.165, 1.54) is 0 Å². The van der Waals surface area contributed by atoms with Crippen molar-refractivity contribution in [3.8, 4) is 11.8 Å². The lowest BCUT2D eigenvalue weighted by molar-refractivity contribution is -0.131. The molecule has 6 heteroatoms. The number of hydrogen-bond acceptors (Lipinski definition) is 5. The minimum Gasteiger partial charge on any atom is -0.478 e. The second kappa shape index (κ2) is 5.13. The molecule has 0 saturated heterocycles. The van der Waals surface area contributed by atoms with Gasteiger partial charge in [-0.3, -0.25) is 0 Å². The smallest absolute Gasteiger partial charge is 0.328 e. The Labute approximate surface area is 121 Å². The summed E-state index contributed by atoms with van der Waals surface area (Å²) in [4.78, 5) is 21.0. The minimum absolute atomic E-state index is 0.245. The summed E-state index contributed by atoms with van der Waals surface area (Å²) in [6.07, 6.45) is 9.64. The van der Waals surface area contributed by atoms with Gasteiger partial charge in [-0.15, -0.1) is 0 Å². The molecule has 0 radical (unpaired) electrons. The van der Waals surface area contributed by atoms with E-state index in [1.807, 2.05) is 24.1 Å². The number of aliphatic carboxylic acids is 1. The Bertz CT molecular complexity index is 752. The summed E-state index contributed by atoms with van der Waals surface area (Å²) in [5, 5.41) is 11.8. The largest absolute Gasteiger partial charge is 0.478 e. The molecule has 6 nitrogen and oxygen atoms in total. The van der Waals surface area contributed by atoms with Crippen LogP contribution in [0.5, 0.6) is 0 Å². The Morgan fingerprint density at radius 3 is 3.10 bits per heavy atom. The lowest BCUT2D eigenvalue weighted by Crippen LogP contribution is -2.26. The molecule has 1 atom stereocenters. The molecule has 0 spiro atoms. The molecule has 2 heterocycles. The molecule has 0 amide bonds. The Balaban J connectivity index is 1.93. The van der Waals surface area contributed by atoms with E-state index in [0.29, 0.717) is 5.82 Å². The summed E-state index contributed by atoms with van der Waals surface area (Å²) < 4.78 is 0. The normalized spacial score (nSPS) is 19.3. The maximum absolute atomic E-state index is 10.6. The topological polar surface area (TPSA) is 78.4 Å². The van der Waals surface area contributed by atoms with Crippen molar-refractivity contribution in [3.05, 3.63) is 48.1 Å². The highest BCUT2D eigenvalue weighted by Gasteiger charge is 2.22. The zero-order valence-corrected chi connectivity index (χ0v) is 11.2. The van der Waals surface area contributed by atoms with Crippen molar-refractivity contribution >= 4 is 17.6 Å². The summed E-state index contributed by atoms with van der Waals surface area (Å²) >= 11 is 0. The Morgan fingerprint density at radius 2 is 2.29 bits per heavy atom. The third-order valence-corrected chi connectivity index (χ3v) is 3.13. The summed E-state index contributed by atoms with van der Waals surface area (Å²) in [6, 6.07) is 0. The lowest BCUT2D eigenvalue weighted by atomic mass is 10.1. The second-order valence-electron chi connectivity index (χ2n) is 4.52. The SMILES string of the molecule is CN1C2=C(C#CC(/C=C/C(=O)O)C=C2)Nc2nccnc21. The number of nitrogens with one attached hydrogen (secondary N) is 1. The van der Waals surface area contributed by atoms with Crippen molar-refractivity contribution in [2.45, 2.75) is 0 Å². The van der Waals surface area contributed by atoms with Crippen LogP contribution in [-0.4, -0.2) is 28.1 Å². The Morgan fingerprint density at radius 1 is 1.48 bits per heavy atom. The molecular formula is C15H12N4O2. The van der Waals surface area contributed by atoms with E-state index in [1.54, 1.807) is 18.5 Å². The lowest BCUT2D eigenvalue weighted by Gasteiger charge is -2.27. The van der Waals surface area contributed by atoms with E-state index in [4.69, 9.17) is 5.11 Å². The maximum atomic E-state index is 10.6. The molecule has 1 aliphatic heterocycles. The van der Waals surface area contributed by atoms with Gasteiger partial charge in [0.15, 0.2) is 11.6 Å². The molecule has 2 N–H and O–H groups in total. The van der Waals surface area contributed by atoms with Gasteiger partial charge in [-0.05, 0) is 12.0 Å². The molecule has 0 fully saturated rings. The monoisotopic (exact) mass is 280 g/mol. The summed E-state index contributed by atoms with van der Waals surface area (Å²) in [6.45, 7) is 0. The number of aromatic nitrogens is 2. The second-order valence-corrected chi connectivity index (χ2v) is 4.52. The van der Waals surface area contributed by atoms with Gasteiger partial charge in [-0.1, -0.05) is 18.1 Å². The molecule has 1 unspecified atom stereocenters. The predicted molar refractivity (Wildman–Crippen MR) is 78.3 cm³/mol. The zero-order valence-electron chi connectivity index (χ0n) is 11.2. The molecular weight excluding hydrogens is 268 g/mol. The van der Waals surface area contributed by atoms with Crippen LogP contribution in [0, 0.1) is 17.8 Å². The van der Waals surface area contributed by atoms with Gasteiger partial charge in [0, 0.05) is 25.5 Å². The minimum atomic E-state index is -0.983. The zero-order chi connectivity index (χ0) is 14.8. The van der Waals surface area contributed by atoms with Crippen LogP contribution in [0.1, 0.15) is 0 Å². The fourth-order valence-corrected chi connectivity index (χ4v) is 2.12. The fraction of sp³-hybridized carbons (Fsp3) is 0.133. The molecule has 1 aromatic heterocycles. The molecule has 2 aliphatic rings. The summed E-state index contributed by atoms with van der Waals surface area (Å²) in [5.74, 6) is 6.19. The molecule has 1 aliphatic carbocycles. The van der Waals surface area contributed by atoms with E-state index in [0.717, 1.165) is 23.3 Å². The van der Waals surface area contributed by atoms with Crippen LogP contribution in [-0.2, 0) is 4.79 Å². The van der Waals surface area contributed by atoms with Crippen molar-refractivity contribution in [3.63, 3.8) is 0 Å². The first-order valence-corrected chi connectivity index (χ1v) is 6.32. The van der Waals surface area contributed by atoms with E-state index in [2.05, 4.69) is 27.1 Å². The first kappa shape index (κ1) is 12.9. The molecule has 0 saturated carbocycles. The van der Waals surface area contributed by atoms with Crippen molar-refractivity contribution in [2.24, 2.45) is 5.92 Å². The molecule has 0 aromatic carbocycles. The van der Waals surface area contributed by atoms with Crippen LogP contribution in [0.25, 0.3) is 0 Å².